The molecule has 1 saturated heterocycles. The van der Waals surface area contributed by atoms with Crippen molar-refractivity contribution in [1.82, 2.24) is 9.80 Å². The van der Waals surface area contributed by atoms with Crippen LogP contribution in [0.1, 0.15) is 33.1 Å². The molecule has 1 fully saturated rings. The maximum atomic E-state index is 10.8. The third-order valence-electron chi connectivity index (χ3n) is 3.30. The first-order valence-corrected chi connectivity index (χ1v) is 6.01. The number of unbranched alkanes of at least 4 members (excludes halogenated alkanes) is 1. The van der Waals surface area contributed by atoms with Crippen LogP contribution in [0.5, 0.6) is 0 Å². The number of rotatable bonds is 5. The Morgan fingerprint density at radius 3 is 2.67 bits per heavy atom. The largest absolute Gasteiger partial charge is 0.301 e. The summed E-state index contributed by atoms with van der Waals surface area (Å²) in [6.45, 7) is 8.65. The van der Waals surface area contributed by atoms with E-state index < -0.39 is 0 Å². The van der Waals surface area contributed by atoms with E-state index in [1.54, 1.807) is 6.92 Å². The number of nitrogens with zero attached hydrogens (tertiary/aromatic N) is 2. The minimum absolute atomic E-state index is 0.321. The van der Waals surface area contributed by atoms with E-state index in [2.05, 4.69) is 23.8 Å². The summed E-state index contributed by atoms with van der Waals surface area (Å²) in [5.74, 6) is 0.321. The summed E-state index contributed by atoms with van der Waals surface area (Å²) in [6, 6.07) is 0.673. The summed E-state index contributed by atoms with van der Waals surface area (Å²) in [4.78, 5) is 15.7. The topological polar surface area (TPSA) is 23.6 Å². The molecule has 0 N–H and O–H groups in total. The zero-order valence-electron chi connectivity index (χ0n) is 10.3. The predicted molar refractivity (Wildman–Crippen MR) is 63.1 cm³/mol. The van der Waals surface area contributed by atoms with Crippen LogP contribution in [0.3, 0.4) is 0 Å². The predicted octanol–water partition coefficient (Wildman–Crippen LogP) is 1.38. The lowest BCUT2D eigenvalue weighted by molar-refractivity contribution is -0.117. The van der Waals surface area contributed by atoms with Gasteiger partial charge in [-0.2, -0.15) is 0 Å². The lowest BCUT2D eigenvalue weighted by atomic mass is 10.1. The first kappa shape index (κ1) is 12.7. The van der Waals surface area contributed by atoms with Crippen molar-refractivity contribution in [2.75, 3.05) is 33.2 Å². The number of Topliss-reactive ketones (excluding diaryl/α,β-unsaturated/α-hetero) is 1. The lowest BCUT2D eigenvalue weighted by Gasteiger charge is -2.37. The Morgan fingerprint density at radius 1 is 1.33 bits per heavy atom. The molecule has 0 aromatic carbocycles. The highest BCUT2D eigenvalue weighted by molar-refractivity contribution is 5.75. The van der Waals surface area contributed by atoms with Gasteiger partial charge >= 0.3 is 0 Å². The maximum absolute atomic E-state index is 10.8. The van der Waals surface area contributed by atoms with Gasteiger partial charge in [0.1, 0.15) is 5.78 Å². The smallest absolute Gasteiger partial charge is 0.129 e. The van der Waals surface area contributed by atoms with Crippen molar-refractivity contribution in [2.24, 2.45) is 0 Å². The SMILES string of the molecule is CC(=O)CCCCN1CCN(C)C(C)C1. The van der Waals surface area contributed by atoms with Gasteiger partial charge in [0.15, 0.2) is 0 Å². The molecule has 0 spiro atoms. The van der Waals surface area contributed by atoms with Gasteiger partial charge < -0.3 is 14.6 Å². The van der Waals surface area contributed by atoms with E-state index in [0.717, 1.165) is 25.8 Å². The molecule has 0 bridgehead atoms. The monoisotopic (exact) mass is 212 g/mol. The van der Waals surface area contributed by atoms with E-state index in [9.17, 15) is 4.79 Å². The second-order valence-corrected chi connectivity index (χ2v) is 4.79. The Hall–Kier alpha value is -0.410. The Bertz CT molecular complexity index is 206. The van der Waals surface area contributed by atoms with Crippen LogP contribution in [0.4, 0.5) is 0 Å². The minimum Gasteiger partial charge on any atom is -0.301 e. The molecule has 1 heterocycles. The highest BCUT2D eigenvalue weighted by atomic mass is 16.1. The number of carbonyl (C=O) groups excluding carboxylic acids is 1. The second kappa shape index (κ2) is 6.23. The Labute approximate surface area is 93.4 Å². The fourth-order valence-electron chi connectivity index (χ4n) is 2.04. The van der Waals surface area contributed by atoms with Crippen molar-refractivity contribution >= 4 is 5.78 Å². The lowest BCUT2D eigenvalue weighted by Crippen LogP contribution is -2.50. The molecule has 1 aliphatic rings. The fourth-order valence-corrected chi connectivity index (χ4v) is 2.04. The van der Waals surface area contributed by atoms with Crippen molar-refractivity contribution < 1.29 is 4.79 Å². The van der Waals surface area contributed by atoms with Crippen LogP contribution >= 0.6 is 0 Å². The van der Waals surface area contributed by atoms with Gasteiger partial charge in [-0.25, -0.2) is 0 Å². The molecule has 88 valence electrons. The van der Waals surface area contributed by atoms with Crippen LogP contribution in [-0.4, -0.2) is 54.9 Å². The number of likely N-dealkylation sites (N-methyl/N-ethyl adjacent to an activating group) is 1. The van der Waals surface area contributed by atoms with Crippen molar-refractivity contribution in [3.05, 3.63) is 0 Å². The van der Waals surface area contributed by atoms with E-state index in [0.29, 0.717) is 11.8 Å². The van der Waals surface area contributed by atoms with Crippen molar-refractivity contribution in [2.45, 2.75) is 39.2 Å². The third-order valence-corrected chi connectivity index (χ3v) is 3.30. The molecular weight excluding hydrogens is 188 g/mol. The molecule has 1 atom stereocenters. The molecule has 0 aromatic heterocycles. The molecule has 0 amide bonds. The summed E-state index contributed by atoms with van der Waals surface area (Å²) >= 11 is 0. The van der Waals surface area contributed by atoms with E-state index in [1.807, 2.05) is 0 Å². The highest BCUT2D eigenvalue weighted by Gasteiger charge is 2.19. The van der Waals surface area contributed by atoms with Gasteiger partial charge in [-0.1, -0.05) is 0 Å². The van der Waals surface area contributed by atoms with Gasteiger partial charge in [0.2, 0.25) is 0 Å². The molecule has 0 radical (unpaired) electrons. The molecule has 1 unspecified atom stereocenters. The number of carbonyl (C=O) groups is 1. The highest BCUT2D eigenvalue weighted by Crippen LogP contribution is 2.08. The average Bonchev–Trinajstić information content (AvgIpc) is 2.18. The van der Waals surface area contributed by atoms with Gasteiger partial charge in [-0.05, 0) is 40.3 Å². The Morgan fingerprint density at radius 2 is 2.07 bits per heavy atom. The van der Waals surface area contributed by atoms with E-state index in [-0.39, 0.29) is 0 Å². The summed E-state index contributed by atoms with van der Waals surface area (Å²) in [5.41, 5.74) is 0. The standard InChI is InChI=1S/C12H24N2O/c1-11-10-14(9-8-13(11)3)7-5-4-6-12(2)15/h11H,4-10H2,1-3H3. The summed E-state index contributed by atoms with van der Waals surface area (Å²) < 4.78 is 0. The summed E-state index contributed by atoms with van der Waals surface area (Å²) in [5, 5.41) is 0. The molecule has 1 rings (SSSR count). The van der Waals surface area contributed by atoms with Crippen LogP contribution in [0.15, 0.2) is 0 Å². The van der Waals surface area contributed by atoms with E-state index in [1.165, 1.54) is 19.6 Å². The minimum atomic E-state index is 0.321. The van der Waals surface area contributed by atoms with Crippen LogP contribution < -0.4 is 0 Å². The quantitative estimate of drug-likeness (QED) is 0.643. The van der Waals surface area contributed by atoms with Crippen molar-refractivity contribution in [3.63, 3.8) is 0 Å². The molecule has 1 aliphatic heterocycles. The van der Waals surface area contributed by atoms with Crippen LogP contribution in [0.25, 0.3) is 0 Å². The second-order valence-electron chi connectivity index (χ2n) is 4.79. The Balaban J connectivity index is 2.09. The molecule has 0 aromatic rings. The number of ketones is 1. The molecule has 0 aliphatic carbocycles. The molecular formula is C12H24N2O. The normalized spacial score (nSPS) is 24.3. The van der Waals surface area contributed by atoms with Crippen molar-refractivity contribution in [1.29, 1.82) is 0 Å². The van der Waals surface area contributed by atoms with Gasteiger partial charge in [0.05, 0.1) is 0 Å². The molecule has 3 nitrogen and oxygen atoms in total. The summed E-state index contributed by atoms with van der Waals surface area (Å²) in [7, 11) is 2.19. The fraction of sp³-hybridized carbons (Fsp3) is 0.917. The third kappa shape index (κ3) is 4.76. The van der Waals surface area contributed by atoms with Crippen LogP contribution in [-0.2, 0) is 4.79 Å². The van der Waals surface area contributed by atoms with Crippen molar-refractivity contribution in [3.8, 4) is 0 Å². The number of piperazine rings is 1. The zero-order valence-corrected chi connectivity index (χ0v) is 10.3. The van der Waals surface area contributed by atoms with E-state index in [4.69, 9.17) is 0 Å². The van der Waals surface area contributed by atoms with Gasteiger partial charge in [0.25, 0.3) is 0 Å². The maximum Gasteiger partial charge on any atom is 0.129 e. The molecule has 0 saturated carbocycles. The number of hydrogen-bond acceptors (Lipinski definition) is 3. The first-order valence-electron chi connectivity index (χ1n) is 6.01. The van der Waals surface area contributed by atoms with Gasteiger partial charge in [0, 0.05) is 32.1 Å². The van der Waals surface area contributed by atoms with Gasteiger partial charge in [-0.3, -0.25) is 0 Å². The van der Waals surface area contributed by atoms with Gasteiger partial charge in [-0.15, -0.1) is 0 Å². The molecule has 3 heteroatoms. The van der Waals surface area contributed by atoms with Crippen LogP contribution in [0, 0.1) is 0 Å². The molecule has 15 heavy (non-hydrogen) atoms. The Kier molecular flexibility index (Phi) is 5.26. The number of hydrogen-bond donors (Lipinski definition) is 0. The van der Waals surface area contributed by atoms with Crippen LogP contribution in [0.2, 0.25) is 0 Å². The van der Waals surface area contributed by atoms with E-state index >= 15 is 0 Å². The zero-order chi connectivity index (χ0) is 11.3. The summed E-state index contributed by atoms with van der Waals surface area (Å²) in [6.07, 6.45) is 2.97. The average molecular weight is 212 g/mol. The first-order chi connectivity index (χ1) is 7.09.